The van der Waals surface area contributed by atoms with Gasteiger partial charge in [0.2, 0.25) is 0 Å². The quantitative estimate of drug-likeness (QED) is 0.807. The summed E-state index contributed by atoms with van der Waals surface area (Å²) >= 11 is 0. The monoisotopic (exact) mass is 290 g/mol. The van der Waals surface area contributed by atoms with Crippen molar-refractivity contribution in [2.45, 2.75) is 39.4 Å². The Kier molecular flexibility index (Phi) is 4.41. The molecule has 1 atom stereocenters. The molecule has 1 fully saturated rings. The lowest BCUT2D eigenvalue weighted by Gasteiger charge is -2.34. The Balaban J connectivity index is 1.65. The van der Waals surface area contributed by atoms with Gasteiger partial charge in [0.25, 0.3) is 0 Å². The van der Waals surface area contributed by atoms with Crippen LogP contribution in [0.5, 0.6) is 0 Å². The van der Waals surface area contributed by atoms with Crippen molar-refractivity contribution in [3.63, 3.8) is 0 Å². The Morgan fingerprint density at radius 3 is 2.57 bits per heavy atom. The molecule has 3 rings (SSSR count). The molecule has 0 spiro atoms. The number of rotatable bonds is 2. The van der Waals surface area contributed by atoms with E-state index in [1.165, 1.54) is 5.57 Å². The van der Waals surface area contributed by atoms with Crippen LogP contribution in [0, 0.1) is 24.6 Å². The standard InChI is InChI=1S/C18H23FO2/c1-12-10-20-18(21-11-12)15-5-3-14(4-6-15)16-7-8-17(19)13(2)9-16/h3,7-9,12,15,18H,4-6,10-11H2,1-2H3. The van der Waals surface area contributed by atoms with E-state index in [1.54, 1.807) is 6.07 Å². The summed E-state index contributed by atoms with van der Waals surface area (Å²) in [6, 6.07) is 5.38. The predicted octanol–water partition coefficient (Wildman–Crippen LogP) is 4.33. The molecule has 21 heavy (non-hydrogen) atoms. The number of halogens is 1. The first-order valence-corrected chi connectivity index (χ1v) is 7.82. The van der Waals surface area contributed by atoms with E-state index < -0.39 is 0 Å². The maximum Gasteiger partial charge on any atom is 0.160 e. The van der Waals surface area contributed by atoms with Gasteiger partial charge in [0.05, 0.1) is 13.2 Å². The summed E-state index contributed by atoms with van der Waals surface area (Å²) in [5.41, 5.74) is 3.17. The Bertz CT molecular complexity index is 530. The molecule has 2 nitrogen and oxygen atoms in total. The number of hydrogen-bond acceptors (Lipinski definition) is 2. The van der Waals surface area contributed by atoms with Gasteiger partial charge in [-0.1, -0.05) is 19.1 Å². The Morgan fingerprint density at radius 1 is 1.19 bits per heavy atom. The molecule has 1 aliphatic carbocycles. The van der Waals surface area contributed by atoms with Crippen LogP contribution in [0.2, 0.25) is 0 Å². The molecule has 2 aliphatic rings. The van der Waals surface area contributed by atoms with Gasteiger partial charge in [-0.05, 0) is 55.0 Å². The second-order valence-electron chi connectivity index (χ2n) is 6.37. The fraction of sp³-hybridized carbons (Fsp3) is 0.556. The van der Waals surface area contributed by atoms with E-state index in [2.05, 4.69) is 13.0 Å². The van der Waals surface area contributed by atoms with Gasteiger partial charge in [-0.2, -0.15) is 0 Å². The van der Waals surface area contributed by atoms with E-state index in [9.17, 15) is 4.39 Å². The minimum absolute atomic E-state index is 0.0473. The number of hydrogen-bond donors (Lipinski definition) is 0. The van der Waals surface area contributed by atoms with Crippen molar-refractivity contribution in [3.8, 4) is 0 Å². The van der Waals surface area contributed by atoms with Gasteiger partial charge in [-0.25, -0.2) is 4.39 Å². The summed E-state index contributed by atoms with van der Waals surface area (Å²) in [6.45, 7) is 5.56. The molecule has 1 aromatic rings. The van der Waals surface area contributed by atoms with Gasteiger partial charge in [0, 0.05) is 11.8 Å². The average molecular weight is 290 g/mol. The molecule has 1 saturated heterocycles. The molecule has 1 aliphatic heterocycles. The van der Waals surface area contributed by atoms with E-state index in [-0.39, 0.29) is 12.1 Å². The minimum atomic E-state index is -0.133. The van der Waals surface area contributed by atoms with Crippen molar-refractivity contribution < 1.29 is 13.9 Å². The molecule has 114 valence electrons. The number of aryl methyl sites for hydroxylation is 1. The highest BCUT2D eigenvalue weighted by Crippen LogP contribution is 2.34. The highest BCUT2D eigenvalue weighted by Gasteiger charge is 2.29. The highest BCUT2D eigenvalue weighted by molar-refractivity contribution is 5.66. The largest absolute Gasteiger partial charge is 0.352 e. The van der Waals surface area contributed by atoms with E-state index >= 15 is 0 Å². The molecule has 3 heteroatoms. The molecule has 0 amide bonds. The summed E-state index contributed by atoms with van der Waals surface area (Å²) in [5.74, 6) is 0.812. The van der Waals surface area contributed by atoms with Crippen molar-refractivity contribution in [1.82, 2.24) is 0 Å². The van der Waals surface area contributed by atoms with Gasteiger partial charge in [0.1, 0.15) is 5.82 Å². The van der Waals surface area contributed by atoms with Gasteiger partial charge in [-0.15, -0.1) is 0 Å². The van der Waals surface area contributed by atoms with Crippen molar-refractivity contribution in [2.24, 2.45) is 11.8 Å². The fourth-order valence-corrected chi connectivity index (χ4v) is 3.09. The first kappa shape index (κ1) is 14.7. The van der Waals surface area contributed by atoms with Crippen LogP contribution in [0.15, 0.2) is 24.3 Å². The van der Waals surface area contributed by atoms with Crippen LogP contribution < -0.4 is 0 Å². The summed E-state index contributed by atoms with van der Waals surface area (Å²) < 4.78 is 25.0. The van der Waals surface area contributed by atoms with E-state index in [0.29, 0.717) is 17.4 Å². The lowest BCUT2D eigenvalue weighted by atomic mass is 9.85. The molecular weight excluding hydrogens is 267 g/mol. The van der Waals surface area contributed by atoms with E-state index in [4.69, 9.17) is 9.47 Å². The summed E-state index contributed by atoms with van der Waals surface area (Å²) in [5, 5.41) is 0. The number of ether oxygens (including phenoxy) is 2. The third-order valence-electron chi connectivity index (χ3n) is 4.46. The minimum Gasteiger partial charge on any atom is -0.352 e. The molecule has 1 unspecified atom stereocenters. The molecule has 0 aromatic heterocycles. The van der Waals surface area contributed by atoms with Gasteiger partial charge >= 0.3 is 0 Å². The van der Waals surface area contributed by atoms with Crippen molar-refractivity contribution in [1.29, 1.82) is 0 Å². The molecule has 0 bridgehead atoms. The SMILES string of the molecule is Cc1cc(C2=CCC(C3OCC(C)CO3)CC2)ccc1F. The Labute approximate surface area is 126 Å². The van der Waals surface area contributed by atoms with Crippen molar-refractivity contribution in [3.05, 3.63) is 41.2 Å². The van der Waals surface area contributed by atoms with Crippen LogP contribution in [0.25, 0.3) is 5.57 Å². The first-order chi connectivity index (χ1) is 10.1. The van der Waals surface area contributed by atoms with Crippen LogP contribution in [0.3, 0.4) is 0 Å². The second kappa shape index (κ2) is 6.29. The highest BCUT2D eigenvalue weighted by atomic mass is 19.1. The molecule has 0 N–H and O–H groups in total. The maximum atomic E-state index is 13.3. The predicted molar refractivity (Wildman–Crippen MR) is 81.3 cm³/mol. The van der Waals surface area contributed by atoms with E-state index in [0.717, 1.165) is 38.0 Å². The normalized spacial score (nSPS) is 30.0. The third-order valence-corrected chi connectivity index (χ3v) is 4.46. The summed E-state index contributed by atoms with van der Waals surface area (Å²) in [6.07, 6.45) is 5.28. The lowest BCUT2D eigenvalue weighted by molar-refractivity contribution is -0.222. The third kappa shape index (κ3) is 3.35. The van der Waals surface area contributed by atoms with Gasteiger partial charge < -0.3 is 9.47 Å². The van der Waals surface area contributed by atoms with Crippen LogP contribution in [-0.2, 0) is 9.47 Å². The van der Waals surface area contributed by atoms with Gasteiger partial charge in [-0.3, -0.25) is 0 Å². The smallest absolute Gasteiger partial charge is 0.160 e. The van der Waals surface area contributed by atoms with Crippen LogP contribution in [0.1, 0.15) is 37.3 Å². The number of allylic oxidation sites excluding steroid dienone is 2. The Morgan fingerprint density at radius 2 is 1.95 bits per heavy atom. The van der Waals surface area contributed by atoms with Crippen LogP contribution >= 0.6 is 0 Å². The zero-order valence-electron chi connectivity index (χ0n) is 12.8. The van der Waals surface area contributed by atoms with Crippen LogP contribution in [0.4, 0.5) is 4.39 Å². The van der Waals surface area contributed by atoms with E-state index in [1.807, 2.05) is 19.1 Å². The number of benzene rings is 1. The fourth-order valence-electron chi connectivity index (χ4n) is 3.09. The van der Waals surface area contributed by atoms with Crippen molar-refractivity contribution in [2.75, 3.05) is 13.2 Å². The average Bonchev–Trinajstić information content (AvgIpc) is 2.51. The molecular formula is C18H23FO2. The zero-order valence-corrected chi connectivity index (χ0v) is 12.8. The Hall–Kier alpha value is -1.19. The molecule has 0 radical (unpaired) electrons. The molecule has 1 heterocycles. The van der Waals surface area contributed by atoms with Gasteiger partial charge in [0.15, 0.2) is 6.29 Å². The first-order valence-electron chi connectivity index (χ1n) is 7.82. The zero-order chi connectivity index (χ0) is 14.8. The molecule has 1 aromatic carbocycles. The summed E-state index contributed by atoms with van der Waals surface area (Å²) in [7, 11) is 0. The van der Waals surface area contributed by atoms with Crippen molar-refractivity contribution >= 4 is 5.57 Å². The maximum absolute atomic E-state index is 13.3. The van der Waals surface area contributed by atoms with Crippen LogP contribution in [-0.4, -0.2) is 19.5 Å². The lowest BCUT2D eigenvalue weighted by Crippen LogP contribution is -2.36. The topological polar surface area (TPSA) is 18.5 Å². The second-order valence-corrected chi connectivity index (χ2v) is 6.37. The summed E-state index contributed by atoms with van der Waals surface area (Å²) in [4.78, 5) is 0. The molecule has 0 saturated carbocycles.